The number of nitrogens with one attached hydrogen (secondary N) is 1. The first-order chi connectivity index (χ1) is 8.59. The average molecular weight is 270 g/mol. The van der Waals surface area contributed by atoms with Crippen molar-refractivity contribution in [1.29, 1.82) is 0 Å². The van der Waals surface area contributed by atoms with Gasteiger partial charge in [-0.25, -0.2) is 8.42 Å². The molecule has 0 bridgehead atoms. The van der Waals surface area contributed by atoms with Crippen molar-refractivity contribution < 1.29 is 13.2 Å². The van der Waals surface area contributed by atoms with Crippen molar-refractivity contribution in [2.24, 2.45) is 0 Å². The van der Waals surface area contributed by atoms with Crippen molar-refractivity contribution in [2.75, 3.05) is 31.6 Å². The molecule has 6 heteroatoms. The number of hydrogen-bond acceptors (Lipinski definition) is 4. The van der Waals surface area contributed by atoms with Gasteiger partial charge in [0.2, 0.25) is 10.0 Å². The molecule has 1 heterocycles. The van der Waals surface area contributed by atoms with Crippen LogP contribution < -0.4 is 10.1 Å². The van der Waals surface area contributed by atoms with Crippen LogP contribution in [0.15, 0.2) is 23.1 Å². The molecule has 0 aromatic heterocycles. The Morgan fingerprint density at radius 3 is 2.72 bits per heavy atom. The van der Waals surface area contributed by atoms with Crippen molar-refractivity contribution in [1.82, 2.24) is 4.31 Å². The van der Waals surface area contributed by atoms with E-state index in [0.29, 0.717) is 36.9 Å². The summed E-state index contributed by atoms with van der Waals surface area (Å²) in [6, 6.07) is 4.94. The summed E-state index contributed by atoms with van der Waals surface area (Å²) < 4.78 is 31.6. The van der Waals surface area contributed by atoms with Gasteiger partial charge in [-0.3, -0.25) is 0 Å². The summed E-state index contributed by atoms with van der Waals surface area (Å²) in [4.78, 5) is 0.308. The molecule has 0 saturated heterocycles. The van der Waals surface area contributed by atoms with E-state index in [1.807, 2.05) is 13.8 Å². The molecule has 1 aromatic rings. The highest BCUT2D eigenvalue weighted by Crippen LogP contribution is 2.30. The standard InChI is InChI=1S/C12H18N2O3S/c1-3-14(4-2)18(15,16)10-5-6-12-11(9-10)13-7-8-17-12/h5-6,9,13H,3-4,7-8H2,1-2H3. The van der Waals surface area contributed by atoms with Crippen LogP contribution in [0.2, 0.25) is 0 Å². The molecule has 0 unspecified atom stereocenters. The Bertz CT molecular complexity index is 524. The van der Waals surface area contributed by atoms with Crippen molar-refractivity contribution in [2.45, 2.75) is 18.7 Å². The van der Waals surface area contributed by atoms with Gasteiger partial charge in [0.05, 0.1) is 10.6 Å². The molecule has 0 amide bonds. The van der Waals surface area contributed by atoms with Gasteiger partial charge in [-0.05, 0) is 18.2 Å². The van der Waals surface area contributed by atoms with Crippen molar-refractivity contribution in [3.63, 3.8) is 0 Å². The van der Waals surface area contributed by atoms with E-state index >= 15 is 0 Å². The molecule has 1 aliphatic rings. The number of fused-ring (bicyclic) bond motifs is 1. The minimum Gasteiger partial charge on any atom is -0.490 e. The molecular weight excluding hydrogens is 252 g/mol. The van der Waals surface area contributed by atoms with Crippen molar-refractivity contribution >= 4 is 15.7 Å². The van der Waals surface area contributed by atoms with Crippen LogP contribution in [0.1, 0.15) is 13.8 Å². The Morgan fingerprint density at radius 2 is 2.06 bits per heavy atom. The topological polar surface area (TPSA) is 58.6 Å². The summed E-state index contributed by atoms with van der Waals surface area (Å²) in [6.07, 6.45) is 0. The third-order valence-electron chi connectivity index (χ3n) is 2.97. The monoisotopic (exact) mass is 270 g/mol. The lowest BCUT2D eigenvalue weighted by atomic mass is 10.2. The van der Waals surface area contributed by atoms with Crippen LogP contribution in [0, 0.1) is 0 Å². The summed E-state index contributed by atoms with van der Waals surface area (Å²) in [6.45, 7) is 5.91. The maximum absolute atomic E-state index is 12.3. The van der Waals surface area contributed by atoms with Crippen LogP contribution >= 0.6 is 0 Å². The molecule has 0 radical (unpaired) electrons. The van der Waals surface area contributed by atoms with E-state index in [9.17, 15) is 8.42 Å². The van der Waals surface area contributed by atoms with Gasteiger partial charge < -0.3 is 10.1 Å². The minimum atomic E-state index is -3.40. The largest absolute Gasteiger partial charge is 0.490 e. The zero-order valence-corrected chi connectivity index (χ0v) is 11.5. The summed E-state index contributed by atoms with van der Waals surface area (Å²) in [5.74, 6) is 0.708. The van der Waals surface area contributed by atoms with Gasteiger partial charge in [-0.15, -0.1) is 0 Å². The Balaban J connectivity index is 2.39. The first kappa shape index (κ1) is 13.2. The van der Waals surface area contributed by atoms with E-state index in [0.717, 1.165) is 5.69 Å². The molecule has 0 saturated carbocycles. The van der Waals surface area contributed by atoms with Crippen LogP contribution in [0.5, 0.6) is 5.75 Å². The van der Waals surface area contributed by atoms with Crippen molar-refractivity contribution in [3.8, 4) is 5.75 Å². The van der Waals surface area contributed by atoms with E-state index in [4.69, 9.17) is 4.74 Å². The van der Waals surface area contributed by atoms with Crippen molar-refractivity contribution in [3.05, 3.63) is 18.2 Å². The van der Waals surface area contributed by atoms with Gasteiger partial charge in [0.25, 0.3) is 0 Å². The zero-order valence-electron chi connectivity index (χ0n) is 10.6. The first-order valence-electron chi connectivity index (χ1n) is 6.10. The number of nitrogens with zero attached hydrogens (tertiary/aromatic N) is 1. The van der Waals surface area contributed by atoms with Gasteiger partial charge >= 0.3 is 0 Å². The predicted octanol–water partition coefficient (Wildman–Crippen LogP) is 1.52. The Hall–Kier alpha value is -1.27. The van der Waals surface area contributed by atoms with E-state index in [1.165, 1.54) is 4.31 Å². The van der Waals surface area contributed by atoms with Gasteiger partial charge in [0.15, 0.2) is 0 Å². The second kappa shape index (κ2) is 5.16. The molecule has 1 aliphatic heterocycles. The fourth-order valence-electron chi connectivity index (χ4n) is 1.99. The Labute approximate surface area is 108 Å². The second-order valence-electron chi connectivity index (χ2n) is 4.02. The summed E-state index contributed by atoms with van der Waals surface area (Å²) in [7, 11) is -3.40. The fraction of sp³-hybridized carbons (Fsp3) is 0.500. The smallest absolute Gasteiger partial charge is 0.243 e. The average Bonchev–Trinajstić information content (AvgIpc) is 2.39. The SMILES string of the molecule is CCN(CC)S(=O)(=O)c1ccc2c(c1)NCCO2. The van der Waals surface area contributed by atoms with Crippen LogP contribution in [-0.4, -0.2) is 39.0 Å². The highest BCUT2D eigenvalue weighted by Gasteiger charge is 2.23. The number of sulfonamides is 1. The second-order valence-corrected chi connectivity index (χ2v) is 5.96. The lowest BCUT2D eigenvalue weighted by Gasteiger charge is -2.22. The van der Waals surface area contributed by atoms with Crippen LogP contribution in [0.25, 0.3) is 0 Å². The number of rotatable bonds is 4. The van der Waals surface area contributed by atoms with Gasteiger partial charge in [0.1, 0.15) is 12.4 Å². The number of ether oxygens (including phenoxy) is 1. The van der Waals surface area contributed by atoms with E-state index in [1.54, 1.807) is 18.2 Å². The maximum Gasteiger partial charge on any atom is 0.243 e. The minimum absolute atomic E-state index is 0.308. The molecule has 0 fully saturated rings. The Morgan fingerprint density at radius 1 is 1.33 bits per heavy atom. The summed E-state index contributed by atoms with van der Waals surface area (Å²) in [5, 5.41) is 3.14. The molecule has 5 nitrogen and oxygen atoms in total. The van der Waals surface area contributed by atoms with E-state index in [-0.39, 0.29) is 0 Å². The predicted molar refractivity (Wildman–Crippen MR) is 70.5 cm³/mol. The molecule has 100 valence electrons. The van der Waals surface area contributed by atoms with Crippen LogP contribution in [-0.2, 0) is 10.0 Å². The van der Waals surface area contributed by atoms with E-state index < -0.39 is 10.0 Å². The first-order valence-corrected chi connectivity index (χ1v) is 7.54. The van der Waals surface area contributed by atoms with Gasteiger partial charge in [-0.1, -0.05) is 13.8 Å². The molecule has 1 N–H and O–H groups in total. The number of hydrogen-bond donors (Lipinski definition) is 1. The number of anilines is 1. The summed E-state index contributed by atoms with van der Waals surface area (Å²) in [5.41, 5.74) is 0.745. The van der Waals surface area contributed by atoms with Crippen LogP contribution in [0.4, 0.5) is 5.69 Å². The van der Waals surface area contributed by atoms with Gasteiger partial charge in [0, 0.05) is 19.6 Å². The Kier molecular flexibility index (Phi) is 3.77. The highest BCUT2D eigenvalue weighted by atomic mass is 32.2. The summed E-state index contributed by atoms with van der Waals surface area (Å²) >= 11 is 0. The maximum atomic E-state index is 12.3. The molecule has 2 rings (SSSR count). The molecule has 18 heavy (non-hydrogen) atoms. The molecular formula is C12H18N2O3S. The quantitative estimate of drug-likeness (QED) is 0.901. The van der Waals surface area contributed by atoms with Crippen LogP contribution in [0.3, 0.4) is 0 Å². The number of benzene rings is 1. The van der Waals surface area contributed by atoms with Gasteiger partial charge in [-0.2, -0.15) is 4.31 Å². The molecule has 1 aromatic carbocycles. The third kappa shape index (κ3) is 2.30. The zero-order chi connectivity index (χ0) is 13.2. The lowest BCUT2D eigenvalue weighted by molar-refractivity contribution is 0.323. The normalized spacial score (nSPS) is 14.8. The van der Waals surface area contributed by atoms with E-state index in [2.05, 4.69) is 5.32 Å². The highest BCUT2D eigenvalue weighted by molar-refractivity contribution is 7.89. The molecule has 0 aliphatic carbocycles. The lowest BCUT2D eigenvalue weighted by Crippen LogP contribution is -2.30. The molecule has 0 spiro atoms. The third-order valence-corrected chi connectivity index (χ3v) is 5.02. The fourth-order valence-corrected chi connectivity index (χ4v) is 3.48. The molecule has 0 atom stereocenters.